The molecule has 0 bridgehead atoms. The van der Waals surface area contributed by atoms with E-state index in [0.717, 1.165) is 3.79 Å². The topological polar surface area (TPSA) is 75.6 Å². The predicted octanol–water partition coefficient (Wildman–Crippen LogP) is 1.56. The molecule has 0 amide bonds. The lowest BCUT2D eigenvalue weighted by molar-refractivity contribution is 0.0961. The molecular formula is C8H11Br2NO4S2. The number of aliphatic hydroxyl groups is 1. The largest absolute Gasteiger partial charge is 0.394 e. The molecule has 1 aromatic rings. The molecule has 1 aromatic heterocycles. The summed E-state index contributed by atoms with van der Waals surface area (Å²) in [7, 11) is -3.52. The van der Waals surface area contributed by atoms with Crippen LogP contribution < -0.4 is 4.72 Å². The van der Waals surface area contributed by atoms with Gasteiger partial charge in [-0.15, -0.1) is 11.3 Å². The van der Waals surface area contributed by atoms with Gasteiger partial charge in [-0.2, -0.15) is 0 Å². The van der Waals surface area contributed by atoms with Crippen molar-refractivity contribution in [1.82, 2.24) is 4.72 Å². The van der Waals surface area contributed by atoms with Gasteiger partial charge in [0.15, 0.2) is 0 Å². The highest BCUT2D eigenvalue weighted by Gasteiger charge is 2.19. The first kappa shape index (κ1) is 15.5. The van der Waals surface area contributed by atoms with E-state index < -0.39 is 10.0 Å². The minimum atomic E-state index is -3.52. The van der Waals surface area contributed by atoms with Crippen LogP contribution in [0.3, 0.4) is 0 Å². The van der Waals surface area contributed by atoms with Crippen LogP contribution in [0.5, 0.6) is 0 Å². The SMILES string of the molecule is O=S(=O)(NCCOCCO)c1cc(Br)sc1Br. The first-order valence-corrected chi connectivity index (χ1v) is 8.49. The molecule has 17 heavy (non-hydrogen) atoms. The van der Waals surface area contributed by atoms with Gasteiger partial charge in [0.05, 0.1) is 27.4 Å². The normalized spacial score (nSPS) is 11.9. The first-order valence-electron chi connectivity index (χ1n) is 4.60. The Morgan fingerprint density at radius 1 is 1.41 bits per heavy atom. The predicted molar refractivity (Wildman–Crippen MR) is 72.8 cm³/mol. The van der Waals surface area contributed by atoms with Gasteiger partial charge in [0.2, 0.25) is 10.0 Å². The number of hydrogen-bond donors (Lipinski definition) is 2. The molecule has 0 spiro atoms. The van der Waals surface area contributed by atoms with Crippen molar-refractivity contribution in [2.75, 3.05) is 26.4 Å². The number of hydrogen-bond acceptors (Lipinski definition) is 5. The van der Waals surface area contributed by atoms with E-state index in [9.17, 15) is 8.42 Å². The monoisotopic (exact) mass is 407 g/mol. The third-order valence-electron chi connectivity index (χ3n) is 1.69. The number of ether oxygens (including phenoxy) is 1. The summed E-state index contributed by atoms with van der Waals surface area (Å²) in [6, 6.07) is 1.53. The molecule has 1 heterocycles. The van der Waals surface area contributed by atoms with Crippen molar-refractivity contribution < 1.29 is 18.3 Å². The van der Waals surface area contributed by atoms with E-state index in [1.807, 2.05) is 0 Å². The molecule has 5 nitrogen and oxygen atoms in total. The second-order valence-corrected chi connectivity index (χ2v) is 8.41. The van der Waals surface area contributed by atoms with Gasteiger partial charge in [-0.05, 0) is 37.9 Å². The van der Waals surface area contributed by atoms with Crippen LogP contribution in [-0.4, -0.2) is 39.9 Å². The summed E-state index contributed by atoms with van der Waals surface area (Å²) in [6.07, 6.45) is 0. The third kappa shape index (κ3) is 4.93. The van der Waals surface area contributed by atoms with Crippen molar-refractivity contribution in [3.63, 3.8) is 0 Å². The Balaban J connectivity index is 2.54. The van der Waals surface area contributed by atoms with Crippen LogP contribution in [0, 0.1) is 0 Å². The van der Waals surface area contributed by atoms with E-state index in [4.69, 9.17) is 9.84 Å². The first-order chi connectivity index (χ1) is 7.97. The van der Waals surface area contributed by atoms with Crippen molar-refractivity contribution >= 4 is 53.2 Å². The van der Waals surface area contributed by atoms with Crippen molar-refractivity contribution in [1.29, 1.82) is 0 Å². The van der Waals surface area contributed by atoms with Gasteiger partial charge >= 0.3 is 0 Å². The van der Waals surface area contributed by atoms with Crippen LogP contribution >= 0.6 is 43.2 Å². The van der Waals surface area contributed by atoms with E-state index in [1.54, 1.807) is 0 Å². The maximum atomic E-state index is 11.8. The Hall–Kier alpha value is 0.490. The lowest BCUT2D eigenvalue weighted by Crippen LogP contribution is -2.27. The minimum absolute atomic E-state index is 0.0736. The molecule has 0 aliphatic rings. The van der Waals surface area contributed by atoms with Crippen LogP contribution in [0.25, 0.3) is 0 Å². The van der Waals surface area contributed by atoms with Gasteiger partial charge < -0.3 is 9.84 Å². The fourth-order valence-electron chi connectivity index (χ4n) is 1.00. The average Bonchev–Trinajstić information content (AvgIpc) is 2.58. The zero-order valence-corrected chi connectivity index (χ0v) is 13.5. The molecule has 0 unspecified atom stereocenters. The zero-order chi connectivity index (χ0) is 12.9. The standard InChI is InChI=1S/C8H11Br2NO4S2/c9-7-5-6(8(10)16-7)17(13,14)11-1-3-15-4-2-12/h5,11-12H,1-4H2. The molecule has 0 saturated carbocycles. The van der Waals surface area contributed by atoms with Crippen LogP contribution in [0.15, 0.2) is 18.5 Å². The Bertz CT molecular complexity index is 460. The highest BCUT2D eigenvalue weighted by molar-refractivity contribution is 9.12. The second-order valence-electron chi connectivity index (χ2n) is 2.92. The van der Waals surface area contributed by atoms with Gasteiger partial charge in [-0.3, -0.25) is 0 Å². The molecule has 0 fully saturated rings. The molecule has 0 saturated heterocycles. The van der Waals surface area contributed by atoms with Crippen LogP contribution in [0.2, 0.25) is 0 Å². The average molecular weight is 409 g/mol. The van der Waals surface area contributed by atoms with E-state index in [-0.39, 0.29) is 31.3 Å². The molecule has 0 aliphatic heterocycles. The quantitative estimate of drug-likeness (QED) is 0.671. The van der Waals surface area contributed by atoms with Crippen molar-refractivity contribution in [2.24, 2.45) is 0 Å². The Kier molecular flexibility index (Phi) is 6.56. The highest BCUT2D eigenvalue weighted by Crippen LogP contribution is 2.34. The van der Waals surface area contributed by atoms with Crippen LogP contribution in [-0.2, 0) is 14.8 Å². The molecule has 9 heteroatoms. The maximum absolute atomic E-state index is 11.8. The Morgan fingerprint density at radius 2 is 2.12 bits per heavy atom. The lowest BCUT2D eigenvalue weighted by atomic mass is 10.7. The third-order valence-corrected chi connectivity index (χ3v) is 5.91. The minimum Gasteiger partial charge on any atom is -0.394 e. The number of aliphatic hydroxyl groups excluding tert-OH is 1. The van der Waals surface area contributed by atoms with Gasteiger partial charge in [0.25, 0.3) is 0 Å². The summed E-state index contributed by atoms with van der Waals surface area (Å²) >= 11 is 7.71. The summed E-state index contributed by atoms with van der Waals surface area (Å²) in [5.74, 6) is 0. The number of rotatable bonds is 7. The fraction of sp³-hybridized carbons (Fsp3) is 0.500. The van der Waals surface area contributed by atoms with Crippen molar-refractivity contribution in [2.45, 2.75) is 4.90 Å². The lowest BCUT2D eigenvalue weighted by Gasteiger charge is -2.05. The summed E-state index contributed by atoms with van der Waals surface area (Å²) in [6.45, 7) is 0.524. The molecule has 0 radical (unpaired) electrons. The number of halogens is 2. The van der Waals surface area contributed by atoms with E-state index in [0.29, 0.717) is 3.79 Å². The van der Waals surface area contributed by atoms with Gasteiger partial charge in [0, 0.05) is 6.54 Å². The van der Waals surface area contributed by atoms with Crippen LogP contribution in [0.1, 0.15) is 0 Å². The number of thiophene rings is 1. The maximum Gasteiger partial charge on any atom is 0.242 e. The smallest absolute Gasteiger partial charge is 0.242 e. The molecule has 0 aromatic carbocycles. The van der Waals surface area contributed by atoms with Crippen molar-refractivity contribution in [3.8, 4) is 0 Å². The van der Waals surface area contributed by atoms with E-state index in [2.05, 4.69) is 36.6 Å². The van der Waals surface area contributed by atoms with E-state index >= 15 is 0 Å². The van der Waals surface area contributed by atoms with Gasteiger partial charge in [-0.1, -0.05) is 0 Å². The van der Waals surface area contributed by atoms with Gasteiger partial charge in [0.1, 0.15) is 4.90 Å². The fourth-order valence-corrected chi connectivity index (χ4v) is 5.82. The highest BCUT2D eigenvalue weighted by atomic mass is 79.9. The van der Waals surface area contributed by atoms with Crippen LogP contribution in [0.4, 0.5) is 0 Å². The Labute approximate surface area is 120 Å². The molecule has 98 valence electrons. The zero-order valence-electron chi connectivity index (χ0n) is 8.65. The molecular weight excluding hydrogens is 398 g/mol. The molecule has 1 rings (SSSR count). The summed E-state index contributed by atoms with van der Waals surface area (Å²) in [4.78, 5) is 0.205. The molecule has 2 N–H and O–H groups in total. The number of sulfonamides is 1. The summed E-state index contributed by atoms with van der Waals surface area (Å²) in [5, 5.41) is 8.47. The van der Waals surface area contributed by atoms with Crippen molar-refractivity contribution in [3.05, 3.63) is 13.6 Å². The van der Waals surface area contributed by atoms with Gasteiger partial charge in [-0.25, -0.2) is 13.1 Å². The summed E-state index contributed by atoms with van der Waals surface area (Å²) < 4.78 is 32.3. The van der Waals surface area contributed by atoms with E-state index in [1.165, 1.54) is 17.4 Å². The summed E-state index contributed by atoms with van der Waals surface area (Å²) in [5.41, 5.74) is 0. The molecule has 0 atom stereocenters. The number of nitrogens with one attached hydrogen (secondary N) is 1. The Morgan fingerprint density at radius 3 is 2.65 bits per heavy atom. The second kappa shape index (κ2) is 7.17. The molecule has 0 aliphatic carbocycles.